The van der Waals surface area contributed by atoms with E-state index in [1.165, 1.54) is 51.4 Å². The zero-order valence-electron chi connectivity index (χ0n) is 13.6. The van der Waals surface area contributed by atoms with Crippen LogP contribution in [0.25, 0.3) is 0 Å². The molecule has 1 rings (SSSR count). The van der Waals surface area contributed by atoms with E-state index in [9.17, 15) is 0 Å². The molecule has 1 saturated carbocycles. The maximum Gasteiger partial charge on any atom is 0.0806 e. The number of ether oxygens (including phenoxy) is 1. The van der Waals surface area contributed by atoms with E-state index in [4.69, 9.17) is 4.74 Å². The van der Waals surface area contributed by atoms with Crippen LogP contribution in [0.2, 0.25) is 0 Å². The van der Waals surface area contributed by atoms with Crippen LogP contribution < -0.4 is 5.32 Å². The summed E-state index contributed by atoms with van der Waals surface area (Å²) in [6, 6.07) is 0. The molecule has 0 saturated heterocycles. The second kappa shape index (κ2) is 8.97. The first kappa shape index (κ1) is 17.0. The van der Waals surface area contributed by atoms with Crippen LogP contribution in [-0.4, -0.2) is 25.8 Å². The highest BCUT2D eigenvalue weighted by atomic mass is 16.5. The van der Waals surface area contributed by atoms with Crippen molar-refractivity contribution in [1.29, 1.82) is 0 Å². The van der Waals surface area contributed by atoms with E-state index in [1.54, 1.807) is 0 Å². The van der Waals surface area contributed by atoms with E-state index in [-0.39, 0.29) is 5.60 Å². The van der Waals surface area contributed by atoms with Gasteiger partial charge in [-0.15, -0.1) is 0 Å². The maximum absolute atomic E-state index is 6.32. The molecule has 0 aromatic rings. The molecule has 0 spiro atoms. The van der Waals surface area contributed by atoms with Gasteiger partial charge in [0.25, 0.3) is 0 Å². The van der Waals surface area contributed by atoms with Crippen LogP contribution in [0.4, 0.5) is 0 Å². The Balaban J connectivity index is 2.34. The molecule has 114 valence electrons. The molecule has 2 nitrogen and oxygen atoms in total. The second-order valence-corrected chi connectivity index (χ2v) is 6.70. The number of rotatable bonds is 9. The van der Waals surface area contributed by atoms with E-state index < -0.39 is 0 Å². The number of unbranched alkanes of at least 4 members (excludes halogenated alkanes) is 3. The molecule has 1 fully saturated rings. The second-order valence-electron chi connectivity index (χ2n) is 6.70. The van der Waals surface area contributed by atoms with E-state index in [0.717, 1.165) is 25.0 Å². The lowest BCUT2D eigenvalue weighted by Crippen LogP contribution is -2.45. The monoisotopic (exact) mass is 269 g/mol. The van der Waals surface area contributed by atoms with Crippen molar-refractivity contribution >= 4 is 0 Å². The van der Waals surface area contributed by atoms with Crippen molar-refractivity contribution in [2.75, 3.05) is 20.2 Å². The lowest BCUT2D eigenvalue weighted by atomic mass is 9.74. The van der Waals surface area contributed by atoms with Crippen LogP contribution in [-0.2, 0) is 4.74 Å². The van der Waals surface area contributed by atoms with Gasteiger partial charge in [0.2, 0.25) is 0 Å². The smallest absolute Gasteiger partial charge is 0.0806 e. The Morgan fingerprint density at radius 1 is 1.16 bits per heavy atom. The van der Waals surface area contributed by atoms with Crippen molar-refractivity contribution in [3.63, 3.8) is 0 Å². The summed E-state index contributed by atoms with van der Waals surface area (Å²) in [4.78, 5) is 0. The fourth-order valence-electron chi connectivity index (χ4n) is 3.34. The van der Waals surface area contributed by atoms with E-state index in [1.807, 2.05) is 0 Å². The average Bonchev–Trinajstić information content (AvgIpc) is 2.39. The van der Waals surface area contributed by atoms with Crippen LogP contribution >= 0.6 is 0 Å². The molecule has 0 bridgehead atoms. The first-order valence-corrected chi connectivity index (χ1v) is 8.42. The SMILES string of the molecule is CCCCCCOC1(CNC)CCC(C(C)C)CC1. The summed E-state index contributed by atoms with van der Waals surface area (Å²) in [7, 11) is 2.05. The van der Waals surface area contributed by atoms with Gasteiger partial charge in [0, 0.05) is 13.2 Å². The summed E-state index contributed by atoms with van der Waals surface area (Å²) in [6.07, 6.45) is 10.4. The van der Waals surface area contributed by atoms with Crippen molar-refractivity contribution in [3.05, 3.63) is 0 Å². The first-order chi connectivity index (χ1) is 9.13. The van der Waals surface area contributed by atoms with Crippen molar-refractivity contribution in [1.82, 2.24) is 5.32 Å². The highest BCUT2D eigenvalue weighted by molar-refractivity contribution is 4.89. The standard InChI is InChI=1S/C17H35NO/c1-5-6-7-8-13-19-17(14-18-4)11-9-16(10-12-17)15(2)3/h15-16,18H,5-14H2,1-4H3. The van der Waals surface area contributed by atoms with Crippen molar-refractivity contribution in [2.45, 2.75) is 77.7 Å². The summed E-state index contributed by atoms with van der Waals surface area (Å²) >= 11 is 0. The molecule has 1 aliphatic carbocycles. The minimum Gasteiger partial charge on any atom is -0.374 e. The fraction of sp³-hybridized carbons (Fsp3) is 1.00. The molecule has 0 aromatic carbocycles. The molecule has 0 heterocycles. The Morgan fingerprint density at radius 3 is 2.37 bits per heavy atom. The summed E-state index contributed by atoms with van der Waals surface area (Å²) in [5.74, 6) is 1.74. The third-order valence-corrected chi connectivity index (χ3v) is 4.79. The van der Waals surface area contributed by atoms with E-state index in [0.29, 0.717) is 0 Å². The lowest BCUT2D eigenvalue weighted by Gasteiger charge is -2.41. The number of hydrogen-bond donors (Lipinski definition) is 1. The van der Waals surface area contributed by atoms with Crippen LogP contribution in [0.5, 0.6) is 0 Å². The molecule has 0 amide bonds. The number of likely N-dealkylation sites (N-methyl/N-ethyl adjacent to an activating group) is 1. The van der Waals surface area contributed by atoms with Crippen molar-refractivity contribution in [2.24, 2.45) is 11.8 Å². The van der Waals surface area contributed by atoms with Gasteiger partial charge in [-0.1, -0.05) is 40.0 Å². The molecular weight excluding hydrogens is 234 g/mol. The Labute approximate surface area is 120 Å². The zero-order valence-corrected chi connectivity index (χ0v) is 13.6. The summed E-state index contributed by atoms with van der Waals surface area (Å²) < 4.78 is 6.32. The Kier molecular flexibility index (Phi) is 8.01. The fourth-order valence-corrected chi connectivity index (χ4v) is 3.34. The summed E-state index contributed by atoms with van der Waals surface area (Å²) in [6.45, 7) is 8.96. The molecule has 0 radical (unpaired) electrons. The highest BCUT2D eigenvalue weighted by Gasteiger charge is 2.36. The van der Waals surface area contributed by atoms with Gasteiger partial charge < -0.3 is 10.1 Å². The number of hydrogen-bond acceptors (Lipinski definition) is 2. The molecule has 1 N–H and O–H groups in total. The van der Waals surface area contributed by atoms with Crippen LogP contribution in [0.15, 0.2) is 0 Å². The molecule has 0 aromatic heterocycles. The molecule has 0 atom stereocenters. The van der Waals surface area contributed by atoms with Gasteiger partial charge in [-0.25, -0.2) is 0 Å². The third kappa shape index (κ3) is 5.83. The zero-order chi connectivity index (χ0) is 14.1. The van der Waals surface area contributed by atoms with Crippen LogP contribution in [0.1, 0.15) is 72.1 Å². The Hall–Kier alpha value is -0.0800. The van der Waals surface area contributed by atoms with Crippen molar-refractivity contribution in [3.8, 4) is 0 Å². The van der Waals surface area contributed by atoms with Crippen LogP contribution in [0.3, 0.4) is 0 Å². The number of nitrogens with one attached hydrogen (secondary N) is 1. The Morgan fingerprint density at radius 2 is 1.84 bits per heavy atom. The van der Waals surface area contributed by atoms with Gasteiger partial charge >= 0.3 is 0 Å². The van der Waals surface area contributed by atoms with Gasteiger partial charge in [0.05, 0.1) is 5.60 Å². The lowest BCUT2D eigenvalue weighted by molar-refractivity contribution is -0.0796. The topological polar surface area (TPSA) is 21.3 Å². The first-order valence-electron chi connectivity index (χ1n) is 8.42. The van der Waals surface area contributed by atoms with E-state index in [2.05, 4.69) is 33.1 Å². The van der Waals surface area contributed by atoms with Gasteiger partial charge in [0.15, 0.2) is 0 Å². The van der Waals surface area contributed by atoms with Gasteiger partial charge in [0.1, 0.15) is 0 Å². The normalized spacial score (nSPS) is 27.9. The Bertz CT molecular complexity index is 219. The van der Waals surface area contributed by atoms with Crippen molar-refractivity contribution < 1.29 is 4.74 Å². The summed E-state index contributed by atoms with van der Waals surface area (Å²) in [5.41, 5.74) is 0.131. The predicted octanol–water partition coefficient (Wildman–Crippen LogP) is 4.39. The molecule has 0 unspecified atom stereocenters. The average molecular weight is 269 g/mol. The third-order valence-electron chi connectivity index (χ3n) is 4.79. The van der Waals surface area contributed by atoms with Crippen LogP contribution in [0, 0.1) is 11.8 Å². The molecule has 19 heavy (non-hydrogen) atoms. The van der Waals surface area contributed by atoms with E-state index >= 15 is 0 Å². The summed E-state index contributed by atoms with van der Waals surface area (Å²) in [5, 5.41) is 3.35. The largest absolute Gasteiger partial charge is 0.374 e. The van der Waals surface area contributed by atoms with Gasteiger partial charge in [-0.3, -0.25) is 0 Å². The van der Waals surface area contributed by atoms with Gasteiger partial charge in [-0.05, 0) is 51.0 Å². The molecule has 1 aliphatic rings. The predicted molar refractivity (Wildman–Crippen MR) is 83.5 cm³/mol. The minimum absolute atomic E-state index is 0.131. The highest BCUT2D eigenvalue weighted by Crippen LogP contribution is 2.37. The molecule has 0 aliphatic heterocycles. The molecular formula is C17H35NO. The maximum atomic E-state index is 6.32. The quantitative estimate of drug-likeness (QED) is 0.627. The minimum atomic E-state index is 0.131. The van der Waals surface area contributed by atoms with Gasteiger partial charge in [-0.2, -0.15) is 0 Å². The molecule has 2 heteroatoms.